The number of aromatic nitrogens is 2. The van der Waals surface area contributed by atoms with Gasteiger partial charge in [0.1, 0.15) is 18.1 Å². The van der Waals surface area contributed by atoms with Gasteiger partial charge in [0, 0.05) is 36.4 Å². The van der Waals surface area contributed by atoms with E-state index in [9.17, 15) is 9.59 Å². The van der Waals surface area contributed by atoms with Crippen molar-refractivity contribution < 1.29 is 9.53 Å². The second-order valence-electron chi connectivity index (χ2n) is 9.33. The Labute approximate surface area is 200 Å². The van der Waals surface area contributed by atoms with Crippen LogP contribution in [0.2, 0.25) is 0 Å². The average molecular weight is 464 g/mol. The van der Waals surface area contributed by atoms with E-state index < -0.39 is 0 Å². The average Bonchev–Trinajstić information content (AvgIpc) is 3.31. The number of anilines is 1. The van der Waals surface area contributed by atoms with E-state index in [-0.39, 0.29) is 24.1 Å². The minimum atomic E-state index is -0.230. The number of hydrogen-bond donors (Lipinski definition) is 1. The summed E-state index contributed by atoms with van der Waals surface area (Å²) in [6.45, 7) is 5.54. The number of rotatable bonds is 7. The van der Waals surface area contributed by atoms with Crippen LogP contribution >= 0.6 is 0 Å². The van der Waals surface area contributed by atoms with Gasteiger partial charge in [0.15, 0.2) is 0 Å². The van der Waals surface area contributed by atoms with Crippen LogP contribution in [0.3, 0.4) is 0 Å². The highest BCUT2D eigenvalue weighted by atomic mass is 16.5. The van der Waals surface area contributed by atoms with E-state index in [0.717, 1.165) is 25.2 Å². The summed E-state index contributed by atoms with van der Waals surface area (Å²) in [5, 5.41) is 3.38. The molecule has 0 saturated carbocycles. The lowest BCUT2D eigenvalue weighted by Crippen LogP contribution is -2.37. The smallest absolute Gasteiger partial charge is 0.262 e. The Hall–Kier alpha value is -3.39. The van der Waals surface area contributed by atoms with Crippen LogP contribution in [0.1, 0.15) is 20.3 Å². The van der Waals surface area contributed by atoms with Gasteiger partial charge in [0.2, 0.25) is 5.91 Å². The number of carbonyl (C=O) groups excluding carboxylic acids is 1. The molecule has 0 aliphatic carbocycles. The summed E-state index contributed by atoms with van der Waals surface area (Å²) in [7, 11) is 5.79. The van der Waals surface area contributed by atoms with Gasteiger partial charge in [-0.3, -0.25) is 14.2 Å². The third-order valence-electron chi connectivity index (χ3n) is 6.28. The summed E-state index contributed by atoms with van der Waals surface area (Å²) >= 11 is 0. The number of benzene rings is 2. The van der Waals surface area contributed by atoms with Crippen molar-refractivity contribution in [2.75, 3.05) is 39.2 Å². The third-order valence-corrected chi connectivity index (χ3v) is 6.28. The highest BCUT2D eigenvalue weighted by Gasteiger charge is 2.25. The third kappa shape index (κ3) is 4.92. The van der Waals surface area contributed by atoms with Crippen molar-refractivity contribution in [3.63, 3.8) is 0 Å². The minimum absolute atomic E-state index is 0.0247. The van der Waals surface area contributed by atoms with Gasteiger partial charge in [-0.25, -0.2) is 4.98 Å². The highest BCUT2D eigenvalue weighted by molar-refractivity contribution is 5.85. The van der Waals surface area contributed by atoms with Crippen molar-refractivity contribution in [1.82, 2.24) is 19.8 Å². The highest BCUT2D eigenvalue weighted by Crippen LogP contribution is 2.27. The van der Waals surface area contributed by atoms with E-state index in [1.165, 1.54) is 4.57 Å². The molecule has 8 heteroatoms. The minimum Gasteiger partial charge on any atom is -0.497 e. The molecule has 1 aliphatic rings. The summed E-state index contributed by atoms with van der Waals surface area (Å²) < 4.78 is 6.83. The first-order valence-corrected chi connectivity index (χ1v) is 11.7. The van der Waals surface area contributed by atoms with Crippen molar-refractivity contribution in [2.24, 2.45) is 0 Å². The van der Waals surface area contributed by atoms with E-state index in [1.54, 1.807) is 7.11 Å². The number of nitrogens with zero attached hydrogens (tertiary/aromatic N) is 4. The van der Waals surface area contributed by atoms with E-state index in [1.807, 2.05) is 56.3 Å². The van der Waals surface area contributed by atoms with Crippen LogP contribution in [-0.4, -0.2) is 66.7 Å². The molecule has 3 aromatic rings. The van der Waals surface area contributed by atoms with Gasteiger partial charge in [-0.15, -0.1) is 0 Å². The summed E-state index contributed by atoms with van der Waals surface area (Å²) in [6, 6.07) is 13.7. The zero-order valence-electron chi connectivity index (χ0n) is 20.5. The number of amides is 1. The number of likely N-dealkylation sites (N-methyl/N-ethyl adjacent to an activating group) is 1. The molecule has 2 heterocycles. The van der Waals surface area contributed by atoms with Crippen molar-refractivity contribution in [3.05, 3.63) is 52.8 Å². The Balaban J connectivity index is 1.81. The summed E-state index contributed by atoms with van der Waals surface area (Å²) in [6.07, 6.45) is 1.08. The van der Waals surface area contributed by atoms with Crippen molar-refractivity contribution in [1.29, 1.82) is 0 Å². The van der Waals surface area contributed by atoms with Crippen LogP contribution in [-0.2, 0) is 11.3 Å². The van der Waals surface area contributed by atoms with Crippen molar-refractivity contribution >= 4 is 22.5 Å². The zero-order valence-corrected chi connectivity index (χ0v) is 20.5. The molecule has 1 fully saturated rings. The van der Waals surface area contributed by atoms with Gasteiger partial charge in [-0.05, 0) is 64.7 Å². The first-order chi connectivity index (χ1) is 16.3. The Morgan fingerprint density at radius 1 is 1.24 bits per heavy atom. The van der Waals surface area contributed by atoms with E-state index in [2.05, 4.69) is 29.2 Å². The Bertz CT molecular complexity index is 1250. The standard InChI is InChI=1S/C26H33N5O3/c1-17(2)27-24(32)16-31-25(18-7-6-8-21(13-18)34-5)28-23-10-9-19(14-22(23)26(31)33)30-12-11-20(15-30)29(3)4/h6-10,13-14,17,20H,11-12,15-16H2,1-5H3,(H,27,32). The first kappa shape index (κ1) is 23.8. The molecule has 180 valence electrons. The summed E-state index contributed by atoms with van der Waals surface area (Å²) in [5.41, 5.74) is 2.10. The number of carbonyl (C=O) groups is 1. The molecule has 1 unspecified atom stereocenters. The summed E-state index contributed by atoms with van der Waals surface area (Å²) in [5.74, 6) is 0.869. The molecular formula is C26H33N5O3. The van der Waals surface area contributed by atoms with Gasteiger partial charge >= 0.3 is 0 Å². The molecule has 1 atom stereocenters. The van der Waals surface area contributed by atoms with Crippen LogP contribution < -0.4 is 20.5 Å². The maximum atomic E-state index is 13.7. The molecule has 1 aromatic heterocycles. The quantitative estimate of drug-likeness (QED) is 0.581. The summed E-state index contributed by atoms with van der Waals surface area (Å²) in [4.78, 5) is 35.7. The van der Waals surface area contributed by atoms with Crippen LogP contribution in [0.5, 0.6) is 5.75 Å². The van der Waals surface area contributed by atoms with Crippen LogP contribution in [0.25, 0.3) is 22.3 Å². The molecule has 0 spiro atoms. The Morgan fingerprint density at radius 3 is 2.71 bits per heavy atom. The molecule has 2 aromatic carbocycles. The Kier molecular flexibility index (Phi) is 6.88. The van der Waals surface area contributed by atoms with Crippen LogP contribution in [0.4, 0.5) is 5.69 Å². The maximum Gasteiger partial charge on any atom is 0.262 e. The molecule has 34 heavy (non-hydrogen) atoms. The number of ether oxygens (including phenoxy) is 1. The van der Waals surface area contributed by atoms with Gasteiger partial charge in [0.05, 0.1) is 18.0 Å². The lowest BCUT2D eigenvalue weighted by molar-refractivity contribution is -0.122. The van der Waals surface area contributed by atoms with Gasteiger partial charge in [-0.2, -0.15) is 0 Å². The lowest BCUT2D eigenvalue weighted by atomic mass is 10.1. The molecular weight excluding hydrogens is 430 g/mol. The predicted octanol–water partition coefficient (Wildman–Crippen LogP) is 2.74. The molecule has 1 saturated heterocycles. The number of hydrogen-bond acceptors (Lipinski definition) is 6. The molecule has 1 aliphatic heterocycles. The van der Waals surface area contributed by atoms with Crippen LogP contribution in [0, 0.1) is 0 Å². The lowest BCUT2D eigenvalue weighted by Gasteiger charge is -2.22. The van der Waals surface area contributed by atoms with E-state index in [0.29, 0.717) is 34.1 Å². The van der Waals surface area contributed by atoms with Gasteiger partial charge in [-0.1, -0.05) is 12.1 Å². The second-order valence-corrected chi connectivity index (χ2v) is 9.33. The molecule has 4 rings (SSSR count). The first-order valence-electron chi connectivity index (χ1n) is 11.7. The van der Waals surface area contributed by atoms with E-state index >= 15 is 0 Å². The fourth-order valence-electron chi connectivity index (χ4n) is 4.44. The molecule has 0 radical (unpaired) electrons. The SMILES string of the molecule is COc1cccc(-c2nc3ccc(N4CCC(N(C)C)C4)cc3c(=O)n2CC(=O)NC(C)C)c1. The van der Waals surface area contributed by atoms with Crippen LogP contribution in [0.15, 0.2) is 47.3 Å². The van der Waals surface area contributed by atoms with Gasteiger partial charge < -0.3 is 19.9 Å². The number of methoxy groups -OCH3 is 1. The Morgan fingerprint density at radius 2 is 2.03 bits per heavy atom. The number of nitrogens with one attached hydrogen (secondary N) is 1. The number of fused-ring (bicyclic) bond motifs is 1. The molecule has 0 bridgehead atoms. The van der Waals surface area contributed by atoms with Gasteiger partial charge in [0.25, 0.3) is 5.56 Å². The largest absolute Gasteiger partial charge is 0.497 e. The van der Waals surface area contributed by atoms with Crippen molar-refractivity contribution in [3.8, 4) is 17.1 Å². The predicted molar refractivity (Wildman–Crippen MR) is 136 cm³/mol. The molecule has 8 nitrogen and oxygen atoms in total. The maximum absolute atomic E-state index is 13.7. The fourth-order valence-corrected chi connectivity index (χ4v) is 4.44. The zero-order chi connectivity index (χ0) is 24.4. The van der Waals surface area contributed by atoms with E-state index in [4.69, 9.17) is 9.72 Å². The van der Waals surface area contributed by atoms with Crippen molar-refractivity contribution in [2.45, 2.75) is 38.9 Å². The second kappa shape index (κ2) is 9.85. The molecule has 1 amide bonds. The monoisotopic (exact) mass is 463 g/mol. The fraction of sp³-hybridized carbons (Fsp3) is 0.423. The topological polar surface area (TPSA) is 79.7 Å². The normalized spacial score (nSPS) is 16.0. The molecule has 1 N–H and O–H groups in total.